The van der Waals surface area contributed by atoms with E-state index in [4.69, 9.17) is 4.43 Å². The number of anilines is 1. The highest BCUT2D eigenvalue weighted by molar-refractivity contribution is 6.77. The number of rotatable bonds is 6. The molecule has 2 aromatic carbocycles. The molecular formula is C34H41N3O4Si. The van der Waals surface area contributed by atoms with E-state index in [0.717, 1.165) is 28.8 Å². The Morgan fingerprint density at radius 1 is 0.952 bits per heavy atom. The molecule has 220 valence electrons. The van der Waals surface area contributed by atoms with E-state index in [1.807, 2.05) is 42.5 Å². The van der Waals surface area contributed by atoms with Gasteiger partial charge >= 0.3 is 0 Å². The van der Waals surface area contributed by atoms with Crippen LogP contribution in [-0.4, -0.2) is 55.3 Å². The fraction of sp³-hybridized carbons (Fsp3) is 0.441. The molecule has 3 aliphatic heterocycles. The van der Waals surface area contributed by atoms with Gasteiger partial charge in [0.15, 0.2) is 0 Å². The highest BCUT2D eigenvalue weighted by Crippen LogP contribution is 2.60. The standard InChI is InChI=1S/C34H41N3O4Si/c1-20(2)42(21(3)4,22(5)6)41-32-31(40)37-29(30(39)35(32)8)19-34(26-18-17-24-13-9-10-14-25(24)26)27-15-11-12-16-28(27)36(23(7)38)33(34)37/h9-16,18-22,32-33H,17H2,1-8H3/t32-,33-,34+/m1/s1. The lowest BCUT2D eigenvalue weighted by molar-refractivity contribution is -0.163. The zero-order valence-corrected chi connectivity index (χ0v) is 26.8. The molecule has 0 aromatic heterocycles. The molecule has 0 N–H and O–H groups in total. The molecule has 1 saturated heterocycles. The molecule has 3 atom stereocenters. The van der Waals surface area contributed by atoms with Gasteiger partial charge in [0.1, 0.15) is 11.9 Å². The summed E-state index contributed by atoms with van der Waals surface area (Å²) < 4.78 is 7.01. The Bertz CT molecular complexity index is 1540. The maximum Gasteiger partial charge on any atom is 0.278 e. The first-order chi connectivity index (χ1) is 19.9. The van der Waals surface area contributed by atoms with Gasteiger partial charge in [-0.1, -0.05) is 90.1 Å². The van der Waals surface area contributed by atoms with Crippen molar-refractivity contribution in [3.63, 3.8) is 0 Å². The Morgan fingerprint density at radius 2 is 1.57 bits per heavy atom. The van der Waals surface area contributed by atoms with Crippen molar-refractivity contribution in [2.24, 2.45) is 0 Å². The number of carbonyl (C=O) groups is 3. The molecule has 3 heterocycles. The molecule has 0 unspecified atom stereocenters. The zero-order chi connectivity index (χ0) is 30.3. The van der Waals surface area contributed by atoms with Crippen LogP contribution in [0.3, 0.4) is 0 Å². The molecule has 3 amide bonds. The van der Waals surface area contributed by atoms with Gasteiger partial charge in [0.25, 0.3) is 11.8 Å². The average Bonchev–Trinajstić information content (AvgIpc) is 3.60. The van der Waals surface area contributed by atoms with Crippen molar-refractivity contribution < 1.29 is 18.8 Å². The normalized spacial score (nSPS) is 24.8. The van der Waals surface area contributed by atoms with Gasteiger partial charge in [-0.15, -0.1) is 0 Å². The predicted octanol–water partition coefficient (Wildman–Crippen LogP) is 5.97. The first-order valence-electron chi connectivity index (χ1n) is 15.1. The summed E-state index contributed by atoms with van der Waals surface area (Å²) in [5, 5.41) is 0. The smallest absolute Gasteiger partial charge is 0.278 e. The largest absolute Gasteiger partial charge is 0.389 e. The topological polar surface area (TPSA) is 70.2 Å². The molecule has 1 fully saturated rings. The number of hydrogen-bond donors (Lipinski definition) is 0. The van der Waals surface area contributed by atoms with Gasteiger partial charge in [0.2, 0.25) is 20.5 Å². The van der Waals surface area contributed by atoms with Crippen LogP contribution < -0.4 is 4.90 Å². The molecule has 2 aromatic rings. The minimum Gasteiger partial charge on any atom is -0.389 e. The van der Waals surface area contributed by atoms with Crippen molar-refractivity contribution in [2.75, 3.05) is 11.9 Å². The number of amides is 3. The maximum atomic E-state index is 14.8. The van der Waals surface area contributed by atoms with Crippen molar-refractivity contribution in [2.45, 2.75) is 89.3 Å². The molecule has 6 rings (SSSR count). The van der Waals surface area contributed by atoms with Gasteiger partial charge in [0.05, 0.1) is 11.1 Å². The third-order valence-electron chi connectivity index (χ3n) is 10.1. The van der Waals surface area contributed by atoms with Crippen LogP contribution in [0.1, 0.15) is 65.2 Å². The maximum absolute atomic E-state index is 14.8. The first-order valence-corrected chi connectivity index (χ1v) is 17.2. The quantitative estimate of drug-likeness (QED) is 0.393. The van der Waals surface area contributed by atoms with Gasteiger partial charge in [-0.25, -0.2) is 0 Å². The van der Waals surface area contributed by atoms with Crippen LogP contribution in [0.4, 0.5) is 5.69 Å². The van der Waals surface area contributed by atoms with E-state index in [2.05, 4.69) is 59.8 Å². The van der Waals surface area contributed by atoms with Crippen LogP contribution in [0.15, 0.2) is 66.4 Å². The Labute approximate surface area is 249 Å². The fourth-order valence-electron chi connectivity index (χ4n) is 8.48. The van der Waals surface area contributed by atoms with Crippen LogP contribution >= 0.6 is 0 Å². The molecule has 4 aliphatic rings. The van der Waals surface area contributed by atoms with Crippen LogP contribution in [0.5, 0.6) is 0 Å². The third kappa shape index (κ3) is 3.57. The number of benzene rings is 2. The number of fused-ring (bicyclic) bond motifs is 6. The van der Waals surface area contributed by atoms with E-state index < -0.39 is 26.1 Å². The summed E-state index contributed by atoms with van der Waals surface area (Å²) >= 11 is 0. The Morgan fingerprint density at radius 3 is 2.21 bits per heavy atom. The summed E-state index contributed by atoms with van der Waals surface area (Å²) in [7, 11) is -0.881. The zero-order valence-electron chi connectivity index (χ0n) is 25.8. The summed E-state index contributed by atoms with van der Waals surface area (Å²) in [4.78, 5) is 47.3. The second-order valence-corrected chi connectivity index (χ2v) is 18.5. The van der Waals surface area contributed by atoms with Gasteiger partial charge in [0, 0.05) is 14.0 Å². The fourth-order valence-corrected chi connectivity index (χ4v) is 13.9. The van der Waals surface area contributed by atoms with Crippen molar-refractivity contribution >= 4 is 37.3 Å². The van der Waals surface area contributed by atoms with Gasteiger partial charge in [-0.2, -0.15) is 0 Å². The Kier molecular flexibility index (Phi) is 6.66. The van der Waals surface area contributed by atoms with Crippen molar-refractivity contribution in [1.82, 2.24) is 9.80 Å². The summed E-state index contributed by atoms with van der Waals surface area (Å²) in [5.41, 5.74) is 5.10. The number of carbonyl (C=O) groups excluding carboxylic acids is 3. The van der Waals surface area contributed by atoms with E-state index in [1.54, 1.807) is 16.8 Å². The molecular weight excluding hydrogens is 542 g/mol. The number of allylic oxidation sites excluding steroid dienone is 1. The molecule has 0 saturated carbocycles. The van der Waals surface area contributed by atoms with E-state index in [-0.39, 0.29) is 34.3 Å². The average molecular weight is 584 g/mol. The number of hydrogen-bond acceptors (Lipinski definition) is 4. The molecule has 8 heteroatoms. The number of likely N-dealkylation sites (N-methyl/N-ethyl adjacent to an activating group) is 1. The predicted molar refractivity (Wildman–Crippen MR) is 167 cm³/mol. The SMILES string of the molecule is CC(=O)N1c2ccccc2[C@@]2(C3=CCc4ccccc43)C=C3C(=O)N(C)[C@H](O[Si](C(C)C)(C(C)C)C(C)C)C(=O)N3[C@@H]12. The summed E-state index contributed by atoms with van der Waals surface area (Å²) in [5.74, 6) is -0.733. The molecule has 42 heavy (non-hydrogen) atoms. The minimum absolute atomic E-state index is 0.178. The number of nitrogens with zero attached hydrogens (tertiary/aromatic N) is 3. The summed E-state index contributed by atoms with van der Waals surface area (Å²) in [6.45, 7) is 14.6. The molecule has 7 nitrogen and oxygen atoms in total. The van der Waals surface area contributed by atoms with E-state index in [1.165, 1.54) is 17.4 Å². The van der Waals surface area contributed by atoms with Crippen LogP contribution in [-0.2, 0) is 30.6 Å². The second-order valence-electron chi connectivity index (χ2n) is 13.1. The van der Waals surface area contributed by atoms with E-state index in [0.29, 0.717) is 5.70 Å². The number of para-hydroxylation sites is 1. The lowest BCUT2D eigenvalue weighted by Crippen LogP contribution is -2.66. The number of piperazine rings is 1. The van der Waals surface area contributed by atoms with Crippen molar-refractivity contribution in [1.29, 1.82) is 0 Å². The van der Waals surface area contributed by atoms with Gasteiger partial charge in [-0.05, 0) is 57.5 Å². The van der Waals surface area contributed by atoms with Crippen LogP contribution in [0.25, 0.3) is 5.57 Å². The van der Waals surface area contributed by atoms with Gasteiger partial charge < -0.3 is 9.33 Å². The highest BCUT2D eigenvalue weighted by atomic mass is 28.4. The van der Waals surface area contributed by atoms with E-state index in [9.17, 15) is 14.4 Å². The summed E-state index contributed by atoms with van der Waals surface area (Å²) in [6.07, 6.45) is 3.10. The van der Waals surface area contributed by atoms with Crippen LogP contribution in [0, 0.1) is 0 Å². The first kappa shape index (κ1) is 28.6. The molecule has 0 spiro atoms. The Hall–Kier alpha value is -3.49. The van der Waals surface area contributed by atoms with Crippen LogP contribution in [0.2, 0.25) is 16.6 Å². The van der Waals surface area contributed by atoms with Crippen molar-refractivity contribution in [3.05, 3.63) is 83.1 Å². The lowest BCUT2D eigenvalue weighted by Gasteiger charge is -2.49. The highest BCUT2D eigenvalue weighted by Gasteiger charge is 2.65. The monoisotopic (exact) mass is 583 g/mol. The molecule has 0 radical (unpaired) electrons. The Balaban J connectivity index is 1.56. The summed E-state index contributed by atoms with van der Waals surface area (Å²) in [6, 6.07) is 16.1. The second kappa shape index (κ2) is 9.78. The molecule has 1 aliphatic carbocycles. The van der Waals surface area contributed by atoms with Crippen molar-refractivity contribution in [3.8, 4) is 0 Å². The van der Waals surface area contributed by atoms with Gasteiger partial charge in [-0.3, -0.25) is 24.2 Å². The molecule has 0 bridgehead atoms. The third-order valence-corrected chi connectivity index (χ3v) is 16.2. The lowest BCUT2D eigenvalue weighted by atomic mass is 9.72. The minimum atomic E-state index is -2.55. The van der Waals surface area contributed by atoms with E-state index >= 15 is 0 Å².